The molecule has 0 radical (unpaired) electrons. The summed E-state index contributed by atoms with van der Waals surface area (Å²) in [5, 5.41) is 9.65. The summed E-state index contributed by atoms with van der Waals surface area (Å²) < 4.78 is 9.60. The summed E-state index contributed by atoms with van der Waals surface area (Å²) in [5.41, 5.74) is 4.01. The number of hydrogen-bond donors (Lipinski definition) is 1. The third kappa shape index (κ3) is 6.66. The first kappa shape index (κ1) is 25.4. The van der Waals surface area contributed by atoms with Gasteiger partial charge in [-0.05, 0) is 76.1 Å². The molecule has 0 bridgehead atoms. The van der Waals surface area contributed by atoms with E-state index >= 15 is 0 Å². The number of ether oxygens (including phenoxy) is 1. The fourth-order valence-corrected chi connectivity index (χ4v) is 3.96. The van der Waals surface area contributed by atoms with E-state index in [4.69, 9.17) is 4.74 Å². The lowest BCUT2D eigenvalue weighted by Gasteiger charge is -2.25. The van der Waals surface area contributed by atoms with Crippen molar-refractivity contribution in [1.82, 2.24) is 9.13 Å². The van der Waals surface area contributed by atoms with Crippen LogP contribution in [0.5, 0.6) is 5.75 Å². The summed E-state index contributed by atoms with van der Waals surface area (Å²) in [6.45, 7) is 12.7. The van der Waals surface area contributed by atoms with Crippen LogP contribution in [0.4, 0.5) is 0 Å². The van der Waals surface area contributed by atoms with Crippen molar-refractivity contribution >= 4 is 0 Å². The minimum atomic E-state index is -0.814. The molecule has 2 aromatic carbocycles. The molecule has 0 saturated carbocycles. The molecule has 0 aliphatic heterocycles. The molecule has 0 fully saturated rings. The van der Waals surface area contributed by atoms with E-state index in [1.54, 1.807) is 13.8 Å². The molecular formula is C29H38N2O3. The van der Waals surface area contributed by atoms with Gasteiger partial charge < -0.3 is 9.84 Å². The van der Waals surface area contributed by atoms with Crippen LogP contribution in [0.2, 0.25) is 0 Å². The predicted octanol–water partition coefficient (Wildman–Crippen LogP) is 6.21. The number of aryl methyl sites for hydroxylation is 3. The van der Waals surface area contributed by atoms with Crippen LogP contribution in [0.25, 0.3) is 0 Å². The van der Waals surface area contributed by atoms with Crippen LogP contribution >= 0.6 is 0 Å². The van der Waals surface area contributed by atoms with E-state index in [2.05, 4.69) is 56.8 Å². The third-order valence-corrected chi connectivity index (χ3v) is 6.19. The highest BCUT2D eigenvalue weighted by atomic mass is 16.5. The summed E-state index contributed by atoms with van der Waals surface area (Å²) in [6.07, 6.45) is 6.91. The quantitative estimate of drug-likeness (QED) is 0.257. The number of benzene rings is 2. The molecule has 3 rings (SSSR count). The van der Waals surface area contributed by atoms with Gasteiger partial charge in [0, 0.05) is 18.4 Å². The first-order chi connectivity index (χ1) is 16.2. The number of aliphatic hydroxyl groups excluding tert-OH is 1. The van der Waals surface area contributed by atoms with Gasteiger partial charge in [-0.3, -0.25) is 9.13 Å². The van der Waals surface area contributed by atoms with Crippen molar-refractivity contribution in [1.29, 1.82) is 0 Å². The molecule has 1 aromatic heterocycles. The number of aromatic nitrogens is 2. The van der Waals surface area contributed by atoms with Crippen molar-refractivity contribution < 1.29 is 9.84 Å². The molecule has 0 aliphatic carbocycles. The summed E-state index contributed by atoms with van der Waals surface area (Å²) in [6, 6.07) is 16.4. The second kappa shape index (κ2) is 11.3. The predicted molar refractivity (Wildman–Crippen MR) is 139 cm³/mol. The largest absolute Gasteiger partial charge is 0.509 e. The van der Waals surface area contributed by atoms with Crippen molar-refractivity contribution in [3.63, 3.8) is 0 Å². The van der Waals surface area contributed by atoms with Crippen LogP contribution in [0.3, 0.4) is 0 Å². The molecule has 0 spiro atoms. The molecule has 34 heavy (non-hydrogen) atoms. The molecule has 3 aromatic rings. The molecule has 5 heteroatoms. The third-order valence-electron chi connectivity index (χ3n) is 6.19. The number of nitrogens with zero attached hydrogens (tertiary/aromatic N) is 2. The topological polar surface area (TPSA) is 56.4 Å². The molecule has 0 atom stereocenters. The highest BCUT2D eigenvalue weighted by Gasteiger charge is 2.23. The molecule has 0 saturated heterocycles. The first-order valence-electron chi connectivity index (χ1n) is 12.2. The Balaban J connectivity index is 1.57. The highest BCUT2D eigenvalue weighted by Crippen LogP contribution is 2.23. The van der Waals surface area contributed by atoms with Gasteiger partial charge in [-0.15, -0.1) is 0 Å². The zero-order valence-corrected chi connectivity index (χ0v) is 21.0. The summed E-state index contributed by atoms with van der Waals surface area (Å²) in [4.78, 5) is 13.0. The van der Waals surface area contributed by atoms with Gasteiger partial charge in [0.15, 0.2) is 5.60 Å². The van der Waals surface area contributed by atoms with E-state index in [9.17, 15) is 9.90 Å². The summed E-state index contributed by atoms with van der Waals surface area (Å²) in [5.74, 6) is 0.716. The molecule has 1 N–H and O–H groups in total. The van der Waals surface area contributed by atoms with Crippen molar-refractivity contribution in [2.75, 3.05) is 0 Å². The van der Waals surface area contributed by atoms with Gasteiger partial charge in [0.05, 0.1) is 6.54 Å². The maximum Gasteiger partial charge on any atom is 0.328 e. The maximum atomic E-state index is 13.0. The molecule has 0 aliphatic rings. The van der Waals surface area contributed by atoms with Gasteiger partial charge in [-0.2, -0.15) is 0 Å². The van der Waals surface area contributed by atoms with Gasteiger partial charge in [0.1, 0.15) is 11.5 Å². The van der Waals surface area contributed by atoms with E-state index in [0.29, 0.717) is 12.3 Å². The van der Waals surface area contributed by atoms with Crippen molar-refractivity contribution in [3.05, 3.63) is 99.9 Å². The minimum absolute atomic E-state index is 0.00539. The Morgan fingerprint density at radius 2 is 1.62 bits per heavy atom. The standard InChI is InChI=1S/C29H38N2O3/c1-6-19-31-26(21-30(28(31)33)20-25-13-11-22(2)12-14-25)10-8-7-9-24-15-17-27(18-16-24)34-29(4,5)23(3)32/h11-18,21,32H,3,6-10,19-20H2,1-2,4-5H3. The van der Waals surface area contributed by atoms with Gasteiger partial charge in [-0.25, -0.2) is 4.79 Å². The van der Waals surface area contributed by atoms with E-state index in [1.807, 2.05) is 27.5 Å². The molecule has 182 valence electrons. The number of hydrogen-bond acceptors (Lipinski definition) is 3. The average molecular weight is 463 g/mol. The zero-order valence-electron chi connectivity index (χ0n) is 21.0. The Morgan fingerprint density at radius 3 is 2.24 bits per heavy atom. The van der Waals surface area contributed by atoms with E-state index in [0.717, 1.165) is 49.9 Å². The fraction of sp³-hybridized carbons (Fsp3) is 0.414. The summed E-state index contributed by atoms with van der Waals surface area (Å²) in [7, 11) is 0. The lowest BCUT2D eigenvalue weighted by atomic mass is 10.1. The summed E-state index contributed by atoms with van der Waals surface area (Å²) >= 11 is 0. The van der Waals surface area contributed by atoms with E-state index in [-0.39, 0.29) is 11.4 Å². The zero-order chi connectivity index (χ0) is 24.7. The van der Waals surface area contributed by atoms with Gasteiger partial charge in [0.2, 0.25) is 0 Å². The van der Waals surface area contributed by atoms with Crippen molar-refractivity contribution in [3.8, 4) is 5.75 Å². The molecular weight excluding hydrogens is 424 g/mol. The fourth-order valence-electron chi connectivity index (χ4n) is 3.96. The first-order valence-corrected chi connectivity index (χ1v) is 12.2. The van der Waals surface area contributed by atoms with E-state index in [1.165, 1.54) is 11.1 Å². The average Bonchev–Trinajstić information content (AvgIpc) is 3.08. The van der Waals surface area contributed by atoms with Crippen LogP contribution in [-0.2, 0) is 25.9 Å². The number of rotatable bonds is 12. The van der Waals surface area contributed by atoms with Crippen LogP contribution in [0.1, 0.15) is 62.4 Å². The van der Waals surface area contributed by atoms with Crippen molar-refractivity contribution in [2.45, 2.75) is 78.5 Å². The van der Waals surface area contributed by atoms with Crippen LogP contribution < -0.4 is 10.4 Å². The molecule has 0 unspecified atom stereocenters. The SMILES string of the molecule is C=C(O)C(C)(C)Oc1ccc(CCCCc2cn(Cc3ccc(C)cc3)c(=O)n2CCC)cc1. The van der Waals surface area contributed by atoms with Crippen LogP contribution in [0, 0.1) is 6.92 Å². The number of aliphatic hydroxyl groups is 1. The Bertz CT molecular complexity index is 1140. The van der Waals surface area contributed by atoms with Crippen LogP contribution in [0.15, 0.2) is 71.9 Å². The van der Waals surface area contributed by atoms with Gasteiger partial charge >= 0.3 is 5.69 Å². The second-order valence-corrected chi connectivity index (χ2v) is 9.58. The smallest absolute Gasteiger partial charge is 0.328 e. The molecule has 5 nitrogen and oxygen atoms in total. The monoisotopic (exact) mass is 462 g/mol. The van der Waals surface area contributed by atoms with Crippen molar-refractivity contribution in [2.24, 2.45) is 0 Å². The molecule has 0 amide bonds. The number of unbranched alkanes of at least 4 members (excludes halogenated alkanes) is 1. The van der Waals surface area contributed by atoms with E-state index < -0.39 is 5.60 Å². The normalized spacial score (nSPS) is 11.5. The number of imidazole rings is 1. The van der Waals surface area contributed by atoms with Gasteiger partial charge in [-0.1, -0.05) is 55.5 Å². The van der Waals surface area contributed by atoms with Gasteiger partial charge in [0.25, 0.3) is 0 Å². The Labute approximate surface area is 203 Å². The highest BCUT2D eigenvalue weighted by molar-refractivity contribution is 5.29. The second-order valence-electron chi connectivity index (χ2n) is 9.58. The van der Waals surface area contributed by atoms with Crippen LogP contribution in [-0.4, -0.2) is 19.8 Å². The maximum absolute atomic E-state index is 13.0. The minimum Gasteiger partial charge on any atom is -0.509 e. The lowest BCUT2D eigenvalue weighted by molar-refractivity contribution is 0.0974. The Kier molecular flexibility index (Phi) is 8.43. The Morgan fingerprint density at radius 1 is 1.00 bits per heavy atom. The Hall–Kier alpha value is -3.21. The lowest BCUT2D eigenvalue weighted by Crippen LogP contribution is -2.30. The molecule has 1 heterocycles.